The van der Waals surface area contributed by atoms with Crippen molar-refractivity contribution in [3.63, 3.8) is 0 Å². The molecule has 0 bridgehead atoms. The summed E-state index contributed by atoms with van der Waals surface area (Å²) in [6.07, 6.45) is 0. The van der Waals surface area contributed by atoms with Gasteiger partial charge in [0.05, 0.1) is 7.11 Å². The van der Waals surface area contributed by atoms with Crippen LogP contribution in [0.2, 0.25) is 0 Å². The van der Waals surface area contributed by atoms with E-state index in [1.165, 1.54) is 0 Å². The molecule has 0 spiro atoms. The standard InChI is InChI=1S/C13H16N4O2/c1-8(2)12(18)17-13(14)15-11(16-17)9-4-6-10(19-3)7-5-9/h4-8H,1-3H3,(H2,14,15,16). The third-order valence-electron chi connectivity index (χ3n) is 2.68. The first-order valence-electron chi connectivity index (χ1n) is 5.94. The Morgan fingerprint density at radius 1 is 1.32 bits per heavy atom. The lowest BCUT2D eigenvalue weighted by atomic mass is 10.2. The van der Waals surface area contributed by atoms with Gasteiger partial charge in [0.25, 0.3) is 5.91 Å². The maximum Gasteiger partial charge on any atom is 0.252 e. The maximum atomic E-state index is 11.9. The Kier molecular flexibility index (Phi) is 3.50. The van der Waals surface area contributed by atoms with E-state index in [9.17, 15) is 4.79 Å². The van der Waals surface area contributed by atoms with Crippen LogP contribution in [-0.2, 0) is 0 Å². The molecule has 1 aromatic carbocycles. The Balaban J connectivity index is 2.35. The van der Waals surface area contributed by atoms with Gasteiger partial charge in [-0.05, 0) is 24.3 Å². The molecule has 6 nitrogen and oxygen atoms in total. The van der Waals surface area contributed by atoms with Gasteiger partial charge in [0, 0.05) is 11.5 Å². The number of nitrogens with two attached hydrogens (primary N) is 1. The number of carbonyl (C=O) groups is 1. The normalized spacial score (nSPS) is 10.7. The van der Waals surface area contributed by atoms with Gasteiger partial charge in [-0.2, -0.15) is 9.67 Å². The van der Waals surface area contributed by atoms with Gasteiger partial charge in [-0.1, -0.05) is 13.8 Å². The number of anilines is 1. The second-order valence-electron chi connectivity index (χ2n) is 4.43. The number of hydrogen-bond acceptors (Lipinski definition) is 5. The van der Waals surface area contributed by atoms with Gasteiger partial charge < -0.3 is 10.5 Å². The molecule has 0 aliphatic carbocycles. The van der Waals surface area contributed by atoms with Crippen molar-refractivity contribution in [3.05, 3.63) is 24.3 Å². The lowest BCUT2D eigenvalue weighted by molar-refractivity contribution is 0.0842. The minimum atomic E-state index is -0.187. The van der Waals surface area contributed by atoms with Crippen molar-refractivity contribution in [2.75, 3.05) is 12.8 Å². The lowest BCUT2D eigenvalue weighted by Crippen LogP contribution is -2.20. The predicted octanol–water partition coefficient (Wildman–Crippen LogP) is 1.83. The van der Waals surface area contributed by atoms with E-state index < -0.39 is 0 Å². The predicted molar refractivity (Wildman–Crippen MR) is 71.9 cm³/mol. The number of benzene rings is 1. The van der Waals surface area contributed by atoms with Crippen molar-refractivity contribution < 1.29 is 9.53 Å². The lowest BCUT2D eigenvalue weighted by Gasteiger charge is -2.03. The number of hydrogen-bond donors (Lipinski definition) is 1. The molecule has 6 heteroatoms. The average Bonchev–Trinajstić information content (AvgIpc) is 2.80. The first-order chi connectivity index (χ1) is 9.02. The van der Waals surface area contributed by atoms with Gasteiger partial charge in [0.1, 0.15) is 5.75 Å². The minimum Gasteiger partial charge on any atom is -0.497 e. The number of ether oxygens (including phenoxy) is 1. The van der Waals surface area contributed by atoms with Gasteiger partial charge in [0.2, 0.25) is 5.95 Å². The first kappa shape index (κ1) is 13.1. The highest BCUT2D eigenvalue weighted by Crippen LogP contribution is 2.20. The van der Waals surface area contributed by atoms with Crippen LogP contribution in [0.4, 0.5) is 5.95 Å². The Hall–Kier alpha value is -2.37. The highest BCUT2D eigenvalue weighted by Gasteiger charge is 2.17. The number of methoxy groups -OCH3 is 1. The van der Waals surface area contributed by atoms with Crippen molar-refractivity contribution >= 4 is 11.9 Å². The molecular formula is C13H16N4O2. The fourth-order valence-electron chi connectivity index (χ4n) is 1.59. The smallest absolute Gasteiger partial charge is 0.252 e. The zero-order valence-electron chi connectivity index (χ0n) is 11.1. The Bertz CT molecular complexity index is 587. The van der Waals surface area contributed by atoms with Gasteiger partial charge in [-0.3, -0.25) is 4.79 Å². The zero-order valence-corrected chi connectivity index (χ0v) is 11.1. The summed E-state index contributed by atoms with van der Waals surface area (Å²) in [6, 6.07) is 7.24. The van der Waals surface area contributed by atoms with E-state index in [2.05, 4.69) is 10.1 Å². The molecule has 100 valence electrons. The van der Waals surface area contributed by atoms with E-state index in [4.69, 9.17) is 10.5 Å². The highest BCUT2D eigenvalue weighted by molar-refractivity contribution is 5.82. The molecule has 0 saturated carbocycles. The monoisotopic (exact) mass is 260 g/mol. The molecule has 2 N–H and O–H groups in total. The topological polar surface area (TPSA) is 83.0 Å². The summed E-state index contributed by atoms with van der Waals surface area (Å²) in [6.45, 7) is 3.58. The van der Waals surface area contributed by atoms with Gasteiger partial charge in [0.15, 0.2) is 5.82 Å². The van der Waals surface area contributed by atoms with E-state index >= 15 is 0 Å². The summed E-state index contributed by atoms with van der Waals surface area (Å²) < 4.78 is 6.22. The van der Waals surface area contributed by atoms with Crippen molar-refractivity contribution in [3.8, 4) is 17.1 Å². The van der Waals surface area contributed by atoms with Crippen LogP contribution in [0.15, 0.2) is 24.3 Å². The summed E-state index contributed by atoms with van der Waals surface area (Å²) >= 11 is 0. The third-order valence-corrected chi connectivity index (χ3v) is 2.68. The quantitative estimate of drug-likeness (QED) is 0.910. The van der Waals surface area contributed by atoms with Crippen molar-refractivity contribution in [1.82, 2.24) is 14.8 Å². The summed E-state index contributed by atoms with van der Waals surface area (Å²) in [5.74, 6) is 0.908. The molecule has 0 unspecified atom stereocenters. The number of aromatic nitrogens is 3. The molecule has 0 atom stereocenters. The third kappa shape index (κ3) is 2.57. The molecule has 1 aromatic heterocycles. The molecule has 0 radical (unpaired) electrons. The number of carbonyl (C=O) groups excluding carboxylic acids is 1. The molecule has 0 aliphatic heterocycles. The van der Waals surface area contributed by atoms with Gasteiger partial charge >= 0.3 is 0 Å². The molecule has 2 rings (SSSR count). The molecule has 0 fully saturated rings. The fraction of sp³-hybridized carbons (Fsp3) is 0.308. The van der Waals surface area contributed by atoms with E-state index in [-0.39, 0.29) is 17.8 Å². The number of rotatable bonds is 3. The Morgan fingerprint density at radius 2 is 1.95 bits per heavy atom. The Morgan fingerprint density at radius 3 is 2.47 bits per heavy atom. The van der Waals surface area contributed by atoms with E-state index in [0.29, 0.717) is 5.82 Å². The van der Waals surface area contributed by atoms with Crippen LogP contribution in [0.5, 0.6) is 5.75 Å². The van der Waals surface area contributed by atoms with Gasteiger partial charge in [-0.15, -0.1) is 5.10 Å². The van der Waals surface area contributed by atoms with E-state index in [0.717, 1.165) is 16.0 Å². The van der Waals surface area contributed by atoms with Crippen molar-refractivity contribution in [1.29, 1.82) is 0 Å². The molecule has 19 heavy (non-hydrogen) atoms. The van der Waals surface area contributed by atoms with Gasteiger partial charge in [-0.25, -0.2) is 0 Å². The first-order valence-corrected chi connectivity index (χ1v) is 5.94. The van der Waals surface area contributed by atoms with E-state index in [1.54, 1.807) is 33.1 Å². The van der Waals surface area contributed by atoms with Crippen molar-refractivity contribution in [2.45, 2.75) is 13.8 Å². The molecule has 0 aliphatic rings. The molecule has 0 amide bonds. The molecular weight excluding hydrogens is 244 g/mol. The van der Waals surface area contributed by atoms with Crippen LogP contribution in [0.1, 0.15) is 18.6 Å². The minimum absolute atomic E-state index is 0.101. The summed E-state index contributed by atoms with van der Waals surface area (Å²) in [5.41, 5.74) is 6.50. The molecule has 0 saturated heterocycles. The largest absolute Gasteiger partial charge is 0.497 e. The summed E-state index contributed by atoms with van der Waals surface area (Å²) in [4.78, 5) is 16.0. The fourth-order valence-corrected chi connectivity index (χ4v) is 1.59. The van der Waals surface area contributed by atoms with Crippen LogP contribution >= 0.6 is 0 Å². The second-order valence-corrected chi connectivity index (χ2v) is 4.43. The van der Waals surface area contributed by atoms with E-state index in [1.807, 2.05) is 12.1 Å². The summed E-state index contributed by atoms with van der Waals surface area (Å²) in [5, 5.41) is 4.15. The average molecular weight is 260 g/mol. The van der Waals surface area contributed by atoms with Crippen molar-refractivity contribution in [2.24, 2.45) is 5.92 Å². The summed E-state index contributed by atoms with van der Waals surface area (Å²) in [7, 11) is 1.60. The van der Waals surface area contributed by atoms with Crippen LogP contribution in [-0.4, -0.2) is 27.8 Å². The number of nitrogens with zero attached hydrogens (tertiary/aromatic N) is 3. The second kappa shape index (κ2) is 5.09. The molecule has 2 aromatic rings. The van der Waals surface area contributed by atoms with Crippen LogP contribution < -0.4 is 10.5 Å². The maximum absolute atomic E-state index is 11.9. The SMILES string of the molecule is COc1ccc(-c2nc(N)n(C(=O)C(C)C)n2)cc1. The van der Waals surface area contributed by atoms with Crippen LogP contribution in [0, 0.1) is 5.92 Å². The Labute approximate surface area is 111 Å². The molecule has 1 heterocycles. The number of nitrogen functional groups attached to an aromatic ring is 1. The van der Waals surface area contributed by atoms with Crippen LogP contribution in [0.25, 0.3) is 11.4 Å². The zero-order chi connectivity index (χ0) is 14.0. The van der Waals surface area contributed by atoms with Crippen LogP contribution in [0.3, 0.4) is 0 Å². The highest BCUT2D eigenvalue weighted by atomic mass is 16.5.